The molecule has 0 unspecified atom stereocenters. The van der Waals surface area contributed by atoms with E-state index in [1.165, 1.54) is 0 Å². The van der Waals surface area contributed by atoms with Crippen LogP contribution in [-0.2, 0) is 4.74 Å². The van der Waals surface area contributed by atoms with Gasteiger partial charge in [-0.05, 0) is 23.5 Å². The molecule has 1 aromatic rings. The summed E-state index contributed by atoms with van der Waals surface area (Å²) in [7, 11) is 0. The minimum atomic E-state index is -0.237. The van der Waals surface area contributed by atoms with Crippen molar-refractivity contribution in [3.63, 3.8) is 0 Å². The lowest BCUT2D eigenvalue weighted by Crippen LogP contribution is -2.36. The Morgan fingerprint density at radius 3 is 2.06 bits per heavy atom. The minimum absolute atomic E-state index is 0.0430. The van der Waals surface area contributed by atoms with E-state index in [9.17, 15) is 4.79 Å². The van der Waals surface area contributed by atoms with E-state index in [0.29, 0.717) is 11.5 Å². The summed E-state index contributed by atoms with van der Waals surface area (Å²) in [6.45, 7) is 10.4. The number of hydrogen-bond acceptors (Lipinski definition) is 2. The number of hydrogen-bond donors (Lipinski definition) is 0. The van der Waals surface area contributed by atoms with E-state index >= 15 is 0 Å². The zero-order valence-corrected chi connectivity index (χ0v) is 11.4. The topological polar surface area (TPSA) is 26.3 Å². The van der Waals surface area contributed by atoms with Crippen molar-refractivity contribution in [2.45, 2.75) is 40.7 Å². The Hall–Kier alpha value is -1.31. The molecule has 0 amide bonds. The summed E-state index contributed by atoms with van der Waals surface area (Å²) in [6, 6.07) is 9.14. The standard InChI is InChI=1S/C15H22O2/c1-11(2)13(15(3,4)5)17-14(16)12-9-7-6-8-10-12/h6-11,13H,1-5H3/t13-/m1/s1. The molecule has 0 saturated carbocycles. The third-order valence-electron chi connectivity index (χ3n) is 2.70. The lowest BCUT2D eigenvalue weighted by Gasteiger charge is -2.33. The number of carbonyl (C=O) groups excluding carboxylic acids is 1. The Morgan fingerprint density at radius 2 is 1.65 bits per heavy atom. The molecule has 0 heterocycles. The maximum absolute atomic E-state index is 12.0. The highest BCUT2D eigenvalue weighted by atomic mass is 16.5. The number of rotatable bonds is 3. The van der Waals surface area contributed by atoms with Crippen molar-refractivity contribution >= 4 is 5.97 Å². The molecule has 0 bridgehead atoms. The molecule has 0 fully saturated rings. The predicted molar refractivity (Wildman–Crippen MR) is 69.9 cm³/mol. The maximum atomic E-state index is 12.0. The van der Waals surface area contributed by atoms with Gasteiger partial charge in [0.25, 0.3) is 0 Å². The molecule has 2 nitrogen and oxygen atoms in total. The van der Waals surface area contributed by atoms with Gasteiger partial charge in [-0.15, -0.1) is 0 Å². The molecule has 0 aliphatic carbocycles. The van der Waals surface area contributed by atoms with E-state index in [0.717, 1.165) is 0 Å². The highest BCUT2D eigenvalue weighted by molar-refractivity contribution is 5.89. The van der Waals surface area contributed by atoms with E-state index in [4.69, 9.17) is 4.74 Å². The van der Waals surface area contributed by atoms with Gasteiger partial charge in [0.15, 0.2) is 0 Å². The number of esters is 1. The molecule has 1 aromatic carbocycles. The summed E-state index contributed by atoms with van der Waals surface area (Å²) in [5.41, 5.74) is 0.570. The molecular weight excluding hydrogens is 212 g/mol. The molecule has 0 N–H and O–H groups in total. The van der Waals surface area contributed by atoms with Gasteiger partial charge >= 0.3 is 5.97 Å². The van der Waals surface area contributed by atoms with E-state index in [-0.39, 0.29) is 17.5 Å². The van der Waals surface area contributed by atoms with Gasteiger partial charge in [-0.25, -0.2) is 4.79 Å². The van der Waals surface area contributed by atoms with Crippen molar-refractivity contribution in [2.75, 3.05) is 0 Å². The molecule has 0 aliphatic rings. The first-order chi connectivity index (χ1) is 7.82. The van der Waals surface area contributed by atoms with Gasteiger partial charge in [-0.2, -0.15) is 0 Å². The second-order valence-electron chi connectivity index (χ2n) is 5.80. The quantitative estimate of drug-likeness (QED) is 0.741. The first-order valence-electron chi connectivity index (χ1n) is 6.08. The van der Waals surface area contributed by atoms with Crippen molar-refractivity contribution in [3.8, 4) is 0 Å². The fourth-order valence-electron chi connectivity index (χ4n) is 2.07. The molecule has 94 valence electrons. The summed E-state index contributed by atoms with van der Waals surface area (Å²) in [5.74, 6) is 0.0712. The Bertz CT molecular complexity index is 360. The minimum Gasteiger partial charge on any atom is -0.458 e. The van der Waals surface area contributed by atoms with Crippen LogP contribution in [0.15, 0.2) is 30.3 Å². The Morgan fingerprint density at radius 1 is 1.12 bits per heavy atom. The Kier molecular flexibility index (Phi) is 4.33. The number of ether oxygens (including phenoxy) is 1. The molecule has 0 radical (unpaired) electrons. The van der Waals surface area contributed by atoms with E-state index < -0.39 is 0 Å². The normalized spacial score (nSPS) is 13.5. The molecule has 1 atom stereocenters. The van der Waals surface area contributed by atoms with Crippen LogP contribution in [0, 0.1) is 11.3 Å². The summed E-state index contributed by atoms with van der Waals surface area (Å²) >= 11 is 0. The number of benzene rings is 1. The zero-order chi connectivity index (χ0) is 13.1. The van der Waals surface area contributed by atoms with E-state index in [2.05, 4.69) is 34.6 Å². The van der Waals surface area contributed by atoms with Gasteiger partial charge in [-0.3, -0.25) is 0 Å². The third-order valence-corrected chi connectivity index (χ3v) is 2.70. The van der Waals surface area contributed by atoms with Crippen LogP contribution >= 0.6 is 0 Å². The van der Waals surface area contributed by atoms with Crippen LogP contribution in [0.3, 0.4) is 0 Å². The monoisotopic (exact) mass is 234 g/mol. The van der Waals surface area contributed by atoms with Crippen LogP contribution in [-0.4, -0.2) is 12.1 Å². The average Bonchev–Trinajstić information content (AvgIpc) is 2.24. The second-order valence-corrected chi connectivity index (χ2v) is 5.80. The average molecular weight is 234 g/mol. The maximum Gasteiger partial charge on any atom is 0.338 e. The number of carbonyl (C=O) groups is 1. The largest absolute Gasteiger partial charge is 0.458 e. The smallest absolute Gasteiger partial charge is 0.338 e. The third kappa shape index (κ3) is 3.88. The first-order valence-corrected chi connectivity index (χ1v) is 6.08. The van der Waals surface area contributed by atoms with Crippen molar-refractivity contribution in [2.24, 2.45) is 11.3 Å². The van der Waals surface area contributed by atoms with Gasteiger partial charge in [-0.1, -0.05) is 52.8 Å². The van der Waals surface area contributed by atoms with Crippen LogP contribution in [0.25, 0.3) is 0 Å². The van der Waals surface area contributed by atoms with Crippen LogP contribution in [0.2, 0.25) is 0 Å². The molecular formula is C15H22O2. The molecule has 0 saturated heterocycles. The second kappa shape index (κ2) is 5.35. The SMILES string of the molecule is CC(C)[C@@H](OC(=O)c1ccccc1)C(C)(C)C. The fraction of sp³-hybridized carbons (Fsp3) is 0.533. The Labute approximate surface area is 104 Å². The molecule has 0 aliphatic heterocycles. The van der Waals surface area contributed by atoms with Crippen molar-refractivity contribution in [1.82, 2.24) is 0 Å². The molecule has 0 aromatic heterocycles. The molecule has 1 rings (SSSR count). The van der Waals surface area contributed by atoms with Crippen molar-refractivity contribution < 1.29 is 9.53 Å². The fourth-order valence-corrected chi connectivity index (χ4v) is 2.07. The highest BCUT2D eigenvalue weighted by Crippen LogP contribution is 2.28. The highest BCUT2D eigenvalue weighted by Gasteiger charge is 2.31. The van der Waals surface area contributed by atoms with Gasteiger partial charge < -0.3 is 4.74 Å². The lowest BCUT2D eigenvalue weighted by atomic mass is 9.82. The van der Waals surface area contributed by atoms with Crippen LogP contribution < -0.4 is 0 Å². The lowest BCUT2D eigenvalue weighted by molar-refractivity contribution is -0.0222. The molecule has 17 heavy (non-hydrogen) atoms. The predicted octanol–water partition coefficient (Wildman–Crippen LogP) is 3.91. The van der Waals surface area contributed by atoms with Gasteiger partial charge in [0.2, 0.25) is 0 Å². The van der Waals surface area contributed by atoms with Crippen molar-refractivity contribution in [1.29, 1.82) is 0 Å². The Balaban J connectivity index is 2.79. The van der Waals surface area contributed by atoms with Crippen LogP contribution in [0.5, 0.6) is 0 Å². The van der Waals surface area contributed by atoms with Crippen molar-refractivity contribution in [3.05, 3.63) is 35.9 Å². The summed E-state index contributed by atoms with van der Waals surface area (Å²) in [4.78, 5) is 12.0. The van der Waals surface area contributed by atoms with Crippen LogP contribution in [0.4, 0.5) is 0 Å². The molecule has 2 heteroatoms. The van der Waals surface area contributed by atoms with E-state index in [1.54, 1.807) is 12.1 Å². The van der Waals surface area contributed by atoms with Gasteiger partial charge in [0.1, 0.15) is 6.10 Å². The summed E-state index contributed by atoms with van der Waals surface area (Å²) < 4.78 is 5.62. The van der Waals surface area contributed by atoms with E-state index in [1.807, 2.05) is 18.2 Å². The van der Waals surface area contributed by atoms with Gasteiger partial charge in [0, 0.05) is 0 Å². The zero-order valence-electron chi connectivity index (χ0n) is 11.4. The summed E-state index contributed by atoms with van der Waals surface area (Å²) in [5, 5.41) is 0. The van der Waals surface area contributed by atoms with Gasteiger partial charge in [0.05, 0.1) is 5.56 Å². The first kappa shape index (κ1) is 13.8. The molecule has 0 spiro atoms. The summed E-state index contributed by atoms with van der Waals surface area (Å²) in [6.07, 6.45) is -0.0739. The van der Waals surface area contributed by atoms with Crippen LogP contribution in [0.1, 0.15) is 45.0 Å².